The van der Waals surface area contributed by atoms with Crippen LogP contribution in [0.25, 0.3) is 65.7 Å². The Morgan fingerprint density at radius 2 is 0.786 bits per heavy atom. The molecule has 0 N–H and O–H groups in total. The number of rotatable bonds is 4. The van der Waals surface area contributed by atoms with Crippen LogP contribution in [0.15, 0.2) is 212 Å². The van der Waals surface area contributed by atoms with Crippen molar-refractivity contribution in [2.75, 3.05) is 4.90 Å². The van der Waals surface area contributed by atoms with E-state index in [1.807, 2.05) is 0 Å². The molecule has 56 heavy (non-hydrogen) atoms. The van der Waals surface area contributed by atoms with Crippen molar-refractivity contribution < 1.29 is 0 Å². The average molecular weight is 710 g/mol. The molecule has 0 aliphatic heterocycles. The van der Waals surface area contributed by atoms with E-state index >= 15 is 0 Å². The molecule has 0 fully saturated rings. The lowest BCUT2D eigenvalue weighted by atomic mass is 9.68. The van der Waals surface area contributed by atoms with Gasteiger partial charge in [0.25, 0.3) is 0 Å². The fourth-order valence-electron chi connectivity index (χ4n) is 10.3. The summed E-state index contributed by atoms with van der Waals surface area (Å²) in [7, 11) is 0. The van der Waals surface area contributed by atoms with Gasteiger partial charge in [-0.25, -0.2) is 0 Å². The third kappa shape index (κ3) is 4.15. The minimum atomic E-state index is -0.523. The largest absolute Gasteiger partial charge is 0.310 e. The zero-order chi connectivity index (χ0) is 36.8. The van der Waals surface area contributed by atoms with Crippen LogP contribution in [0, 0.1) is 0 Å². The number of nitrogens with zero attached hydrogens (tertiary/aromatic N) is 1. The average Bonchev–Trinajstić information content (AvgIpc) is 3.75. The van der Waals surface area contributed by atoms with Gasteiger partial charge in [0.05, 0.1) is 11.1 Å². The summed E-state index contributed by atoms with van der Waals surface area (Å²) < 4.78 is 0. The van der Waals surface area contributed by atoms with E-state index in [0.717, 1.165) is 17.1 Å². The molecule has 0 radical (unpaired) electrons. The predicted octanol–water partition coefficient (Wildman–Crippen LogP) is 14.6. The highest BCUT2D eigenvalue weighted by atomic mass is 15.1. The van der Waals surface area contributed by atoms with Crippen LogP contribution in [0.2, 0.25) is 0 Å². The molecular formula is C55H35N. The highest BCUT2D eigenvalue weighted by Gasteiger charge is 2.54. The number of benzene rings is 10. The molecule has 260 valence electrons. The lowest BCUT2D eigenvalue weighted by molar-refractivity contribution is 0.809. The molecule has 1 heteroatoms. The molecule has 10 aromatic rings. The van der Waals surface area contributed by atoms with E-state index in [0.29, 0.717) is 0 Å². The zero-order valence-corrected chi connectivity index (χ0v) is 30.7. The van der Waals surface area contributed by atoms with Crippen LogP contribution < -0.4 is 4.90 Å². The molecule has 10 aromatic carbocycles. The summed E-state index contributed by atoms with van der Waals surface area (Å²) in [5, 5.41) is 7.68. The molecule has 0 saturated heterocycles. The smallest absolute Gasteiger partial charge is 0.0737 e. The first-order chi connectivity index (χ1) is 27.8. The maximum absolute atomic E-state index is 2.53. The number of anilines is 3. The van der Waals surface area contributed by atoms with Gasteiger partial charge in [-0.2, -0.15) is 0 Å². The molecule has 0 saturated carbocycles. The maximum atomic E-state index is 2.53. The topological polar surface area (TPSA) is 3.24 Å². The van der Waals surface area contributed by atoms with Gasteiger partial charge in [-0.15, -0.1) is 0 Å². The molecule has 0 unspecified atom stereocenters. The van der Waals surface area contributed by atoms with Gasteiger partial charge >= 0.3 is 0 Å². The van der Waals surface area contributed by atoms with Crippen molar-refractivity contribution in [3.63, 3.8) is 0 Å². The highest BCUT2D eigenvalue weighted by molar-refractivity contribution is 6.22. The second-order valence-electron chi connectivity index (χ2n) is 15.1. The monoisotopic (exact) mass is 709 g/mol. The third-order valence-corrected chi connectivity index (χ3v) is 12.4. The summed E-state index contributed by atoms with van der Waals surface area (Å²) in [4.78, 5) is 2.47. The summed E-state index contributed by atoms with van der Waals surface area (Å²) in [5.74, 6) is 0. The second-order valence-corrected chi connectivity index (χ2v) is 15.1. The molecule has 0 amide bonds. The Labute approximate surface area is 326 Å². The fourth-order valence-corrected chi connectivity index (χ4v) is 10.3. The quantitative estimate of drug-likeness (QED) is 0.164. The first-order valence-corrected chi connectivity index (χ1v) is 19.5. The molecule has 2 aliphatic carbocycles. The van der Waals surface area contributed by atoms with Crippen LogP contribution >= 0.6 is 0 Å². The molecule has 0 aromatic heterocycles. The molecule has 1 spiro atoms. The van der Waals surface area contributed by atoms with Gasteiger partial charge in [0.1, 0.15) is 0 Å². The summed E-state index contributed by atoms with van der Waals surface area (Å²) in [5.41, 5.74) is 16.0. The summed E-state index contributed by atoms with van der Waals surface area (Å²) >= 11 is 0. The lowest BCUT2D eigenvalue weighted by Gasteiger charge is -2.33. The van der Waals surface area contributed by atoms with E-state index in [2.05, 4.69) is 217 Å². The van der Waals surface area contributed by atoms with Crippen LogP contribution in [0.4, 0.5) is 17.1 Å². The predicted molar refractivity (Wildman–Crippen MR) is 235 cm³/mol. The highest BCUT2D eigenvalue weighted by Crippen LogP contribution is 2.67. The minimum Gasteiger partial charge on any atom is -0.310 e. The molecule has 12 rings (SSSR count). The Morgan fingerprint density at radius 1 is 0.304 bits per heavy atom. The summed E-state index contributed by atoms with van der Waals surface area (Å²) in [6.07, 6.45) is 0. The van der Waals surface area contributed by atoms with Crippen LogP contribution in [0.3, 0.4) is 0 Å². The molecule has 2 aliphatic rings. The Balaban J connectivity index is 1.27. The van der Waals surface area contributed by atoms with E-state index < -0.39 is 5.41 Å². The van der Waals surface area contributed by atoms with Gasteiger partial charge in [-0.3, -0.25) is 0 Å². The molecule has 0 heterocycles. The van der Waals surface area contributed by atoms with Crippen molar-refractivity contribution in [3.8, 4) is 33.4 Å². The van der Waals surface area contributed by atoms with Crippen molar-refractivity contribution in [2.24, 2.45) is 0 Å². The van der Waals surface area contributed by atoms with Crippen LogP contribution in [0.1, 0.15) is 22.3 Å². The summed E-state index contributed by atoms with van der Waals surface area (Å²) in [6.45, 7) is 0. The van der Waals surface area contributed by atoms with Crippen LogP contribution in [-0.4, -0.2) is 0 Å². The SMILES string of the molecule is c1ccc(-c2cccc(N(c3ccccc3)c3cc4c(c5ccccc35)C3(c5ccccc5-c5ccccc53)c3c-4c4ccccc4c4ccccc34)c2)cc1. The normalized spacial score (nSPS) is 13.1. The second kappa shape index (κ2) is 11.9. The fraction of sp³-hybridized carbons (Fsp3) is 0.0182. The van der Waals surface area contributed by atoms with Gasteiger partial charge < -0.3 is 4.90 Å². The first kappa shape index (κ1) is 31.2. The lowest BCUT2D eigenvalue weighted by Crippen LogP contribution is -2.26. The van der Waals surface area contributed by atoms with E-state index in [1.54, 1.807) is 0 Å². The van der Waals surface area contributed by atoms with E-state index in [1.165, 1.54) is 88.0 Å². The number of fused-ring (bicyclic) bond motifs is 17. The standard InChI is InChI=1S/C55H35N/c1-3-18-36(19-4-1)37-20-17-23-39(34-37)56(38-21-5-2-6-22-38)51-35-48-52-45-29-10-7-24-40(45)41-25-8-11-30-46(41)54(52)55(53(48)47-31-12-9-28-44(47)51)49-32-15-13-26-42(49)43-27-14-16-33-50(43)55/h1-35H. The van der Waals surface area contributed by atoms with E-state index in [9.17, 15) is 0 Å². The van der Waals surface area contributed by atoms with Gasteiger partial charge in [-0.05, 0) is 113 Å². The van der Waals surface area contributed by atoms with Gasteiger partial charge in [0.15, 0.2) is 0 Å². The van der Waals surface area contributed by atoms with Crippen LogP contribution in [0.5, 0.6) is 0 Å². The minimum absolute atomic E-state index is 0.523. The Morgan fingerprint density at radius 3 is 1.46 bits per heavy atom. The van der Waals surface area contributed by atoms with Gasteiger partial charge in [0.2, 0.25) is 0 Å². The maximum Gasteiger partial charge on any atom is 0.0737 e. The van der Waals surface area contributed by atoms with E-state index in [4.69, 9.17) is 0 Å². The third-order valence-electron chi connectivity index (χ3n) is 12.4. The Bertz CT molecular complexity index is 3150. The van der Waals surface area contributed by atoms with Gasteiger partial charge in [0, 0.05) is 16.8 Å². The zero-order valence-electron chi connectivity index (χ0n) is 30.7. The van der Waals surface area contributed by atoms with Crippen molar-refractivity contribution in [1.82, 2.24) is 0 Å². The first-order valence-electron chi connectivity index (χ1n) is 19.5. The number of hydrogen-bond donors (Lipinski definition) is 0. The Kier molecular flexibility index (Phi) is 6.62. The Hall–Kier alpha value is -7.22. The molecule has 1 nitrogen and oxygen atoms in total. The van der Waals surface area contributed by atoms with Gasteiger partial charge in [-0.1, -0.05) is 182 Å². The molecule has 0 bridgehead atoms. The van der Waals surface area contributed by atoms with Crippen LogP contribution in [-0.2, 0) is 5.41 Å². The number of para-hydroxylation sites is 1. The van der Waals surface area contributed by atoms with Crippen molar-refractivity contribution in [3.05, 3.63) is 235 Å². The van der Waals surface area contributed by atoms with Crippen molar-refractivity contribution in [1.29, 1.82) is 0 Å². The summed E-state index contributed by atoms with van der Waals surface area (Å²) in [6, 6.07) is 78.8. The number of hydrogen-bond acceptors (Lipinski definition) is 1. The van der Waals surface area contributed by atoms with Crippen molar-refractivity contribution in [2.45, 2.75) is 5.41 Å². The molecule has 0 atom stereocenters. The molecular weight excluding hydrogens is 675 g/mol. The van der Waals surface area contributed by atoms with E-state index in [-0.39, 0.29) is 0 Å². The van der Waals surface area contributed by atoms with Crippen molar-refractivity contribution >= 4 is 49.4 Å².